The Morgan fingerprint density at radius 2 is 1.27 bits per heavy atom. The molecule has 0 radical (unpaired) electrons. The van der Waals surface area contributed by atoms with Gasteiger partial charge in [0, 0.05) is 0 Å². The second kappa shape index (κ2) is 13.2. The molecule has 2 atom stereocenters. The summed E-state index contributed by atoms with van der Waals surface area (Å²) in [5, 5.41) is 8.97. The minimum atomic E-state index is -4.94. The second-order valence-electron chi connectivity index (χ2n) is 8.53. The van der Waals surface area contributed by atoms with Crippen LogP contribution in [0.5, 0.6) is 17.2 Å². The molecule has 0 aliphatic rings. The van der Waals surface area contributed by atoms with Crippen LogP contribution < -0.4 is 18.6 Å². The molecule has 0 aliphatic heterocycles. The fourth-order valence-corrected chi connectivity index (χ4v) is 8.49. The molecule has 3 aromatic rings. The van der Waals surface area contributed by atoms with Crippen LogP contribution in [0.2, 0.25) is 5.21 Å². The van der Waals surface area contributed by atoms with Crippen LogP contribution >= 0.6 is 0 Å². The van der Waals surface area contributed by atoms with Crippen molar-refractivity contribution in [2.75, 3.05) is 0 Å². The van der Waals surface area contributed by atoms with Gasteiger partial charge in [0.2, 0.25) is 0 Å². The van der Waals surface area contributed by atoms with Crippen molar-refractivity contribution in [3.8, 4) is 17.2 Å². The van der Waals surface area contributed by atoms with Crippen molar-refractivity contribution in [2.24, 2.45) is 0 Å². The van der Waals surface area contributed by atoms with Gasteiger partial charge in [0.05, 0.1) is 0 Å². The molecule has 4 nitrogen and oxygen atoms in total. The summed E-state index contributed by atoms with van der Waals surface area (Å²) in [6.45, 7) is -0.214. The van der Waals surface area contributed by atoms with E-state index < -0.39 is 62.5 Å². The molecule has 1 unspecified atom stereocenters. The molecular formula is C26H21AsF10O4. The number of aliphatic hydroxyl groups excluding tert-OH is 1. The molecule has 0 bridgehead atoms. The number of aliphatic hydroxyl groups is 1. The van der Waals surface area contributed by atoms with Crippen molar-refractivity contribution in [1.29, 1.82) is 0 Å². The standard InChI is InChI=1S/C26H21AsF10O4/c28-23(29)25(33,34)40-20-8-1-4-16(10-20)13-27(14-22(38)24(30,31)32)18-6-3-7-19(12-18)39-15-17-5-2-9-21(11-17)41-26(35,36)37/h1-12,22-23,38H,13-15H2/t22-,27?/m0/s1. The normalized spacial score (nSPS) is 14.0. The maximum atomic E-state index is 13.3. The van der Waals surface area contributed by atoms with Gasteiger partial charge in [-0.2, -0.15) is 0 Å². The first-order chi connectivity index (χ1) is 19.0. The average Bonchev–Trinajstić information content (AvgIpc) is 2.86. The van der Waals surface area contributed by atoms with E-state index in [1.54, 1.807) is 0 Å². The van der Waals surface area contributed by atoms with E-state index in [1.165, 1.54) is 48.5 Å². The van der Waals surface area contributed by atoms with E-state index in [0.29, 0.717) is 9.91 Å². The number of halogens is 10. The summed E-state index contributed by atoms with van der Waals surface area (Å²) in [7, 11) is 0. The van der Waals surface area contributed by atoms with Gasteiger partial charge in [0.25, 0.3) is 0 Å². The van der Waals surface area contributed by atoms with Gasteiger partial charge in [-0.25, -0.2) is 0 Å². The number of benzene rings is 3. The third-order valence-electron chi connectivity index (χ3n) is 5.27. The molecular weight excluding hydrogens is 641 g/mol. The molecule has 0 saturated heterocycles. The average molecular weight is 662 g/mol. The van der Waals surface area contributed by atoms with Crippen molar-refractivity contribution in [3.05, 3.63) is 83.9 Å². The third-order valence-corrected chi connectivity index (χ3v) is 10.6. The summed E-state index contributed by atoms with van der Waals surface area (Å²) in [6.07, 6.45) is -21.4. The Bertz CT molecular complexity index is 1280. The molecule has 0 spiro atoms. The second-order valence-corrected chi connectivity index (χ2v) is 13.3. The number of rotatable bonds is 12. The van der Waals surface area contributed by atoms with E-state index in [0.717, 1.165) is 24.3 Å². The molecule has 0 aliphatic carbocycles. The van der Waals surface area contributed by atoms with Gasteiger partial charge in [0.15, 0.2) is 0 Å². The SMILES string of the molecule is O[C@@H](C[As](Cc1cccc(OC(F)(F)C(F)F)c1)c1cccc(OCc2cccc(OC(F)(F)F)c2)c1)C(F)(F)F. The first kappa shape index (κ1) is 32.4. The van der Waals surface area contributed by atoms with Gasteiger partial charge in [0.1, 0.15) is 0 Å². The number of ether oxygens (including phenoxy) is 3. The van der Waals surface area contributed by atoms with Crippen molar-refractivity contribution < 1.29 is 63.2 Å². The zero-order valence-electron chi connectivity index (χ0n) is 20.6. The van der Waals surface area contributed by atoms with Gasteiger partial charge in [-0.1, -0.05) is 0 Å². The molecule has 15 heteroatoms. The number of alkyl halides is 10. The van der Waals surface area contributed by atoms with Crippen LogP contribution in [0.4, 0.5) is 43.9 Å². The fraction of sp³-hybridized carbons (Fsp3) is 0.308. The van der Waals surface area contributed by atoms with Crippen LogP contribution in [-0.2, 0) is 11.8 Å². The molecule has 0 amide bonds. The van der Waals surface area contributed by atoms with Gasteiger partial charge in [-0.15, -0.1) is 0 Å². The monoisotopic (exact) mass is 662 g/mol. The van der Waals surface area contributed by atoms with E-state index in [9.17, 15) is 49.0 Å². The van der Waals surface area contributed by atoms with Crippen molar-refractivity contribution in [1.82, 2.24) is 0 Å². The summed E-state index contributed by atoms with van der Waals surface area (Å²) < 4.78 is 143. The number of hydrogen-bond donors (Lipinski definition) is 1. The maximum absolute atomic E-state index is 13.3. The molecule has 3 rings (SSSR count). The van der Waals surface area contributed by atoms with Gasteiger partial charge in [-0.3, -0.25) is 0 Å². The Morgan fingerprint density at radius 3 is 1.88 bits per heavy atom. The molecule has 0 heterocycles. The Kier molecular flexibility index (Phi) is 10.5. The third kappa shape index (κ3) is 10.3. The van der Waals surface area contributed by atoms with Crippen molar-refractivity contribution in [3.63, 3.8) is 0 Å². The predicted molar refractivity (Wildman–Crippen MR) is 128 cm³/mol. The summed E-state index contributed by atoms with van der Waals surface area (Å²) in [4.78, 5) is 0. The summed E-state index contributed by atoms with van der Waals surface area (Å²) in [5.41, 5.74) is 0.520. The van der Waals surface area contributed by atoms with E-state index >= 15 is 0 Å². The summed E-state index contributed by atoms with van der Waals surface area (Å²) in [6, 6.07) is 15.4. The molecule has 0 saturated carbocycles. The Balaban J connectivity index is 1.81. The number of hydrogen-bond acceptors (Lipinski definition) is 4. The van der Waals surface area contributed by atoms with Crippen LogP contribution in [0.1, 0.15) is 11.1 Å². The van der Waals surface area contributed by atoms with Crippen LogP contribution in [0.25, 0.3) is 0 Å². The Morgan fingerprint density at radius 1 is 0.707 bits per heavy atom. The predicted octanol–water partition coefficient (Wildman–Crippen LogP) is 6.81. The van der Waals surface area contributed by atoms with Crippen LogP contribution in [0, 0.1) is 0 Å². The van der Waals surface area contributed by atoms with Gasteiger partial charge < -0.3 is 0 Å². The van der Waals surface area contributed by atoms with E-state index in [-0.39, 0.29) is 23.1 Å². The Hall–Kier alpha value is -3.12. The zero-order chi connectivity index (χ0) is 30.4. The molecule has 3 aromatic carbocycles. The topological polar surface area (TPSA) is 47.9 Å². The molecule has 0 aromatic heterocycles. The van der Waals surface area contributed by atoms with E-state index in [1.807, 2.05) is 0 Å². The first-order valence-electron chi connectivity index (χ1n) is 11.5. The van der Waals surface area contributed by atoms with Crippen LogP contribution in [0.15, 0.2) is 72.8 Å². The zero-order valence-corrected chi connectivity index (χ0v) is 22.5. The van der Waals surface area contributed by atoms with Gasteiger partial charge in [-0.05, 0) is 0 Å². The van der Waals surface area contributed by atoms with Crippen molar-refractivity contribution in [2.45, 2.75) is 48.2 Å². The quantitative estimate of drug-likeness (QED) is 0.171. The Labute approximate surface area is 231 Å². The molecule has 0 fully saturated rings. The van der Waals surface area contributed by atoms with Gasteiger partial charge >= 0.3 is 232 Å². The van der Waals surface area contributed by atoms with E-state index in [4.69, 9.17) is 4.74 Å². The minimum absolute atomic E-state index is 0.0993. The first-order valence-corrected chi connectivity index (χ1v) is 15.1. The summed E-state index contributed by atoms with van der Waals surface area (Å²) in [5.74, 6) is -0.926. The van der Waals surface area contributed by atoms with Crippen LogP contribution in [0.3, 0.4) is 0 Å². The molecule has 224 valence electrons. The van der Waals surface area contributed by atoms with Crippen LogP contribution in [-0.4, -0.2) is 50.9 Å². The molecule has 41 heavy (non-hydrogen) atoms. The molecule has 1 N–H and O–H groups in total. The van der Waals surface area contributed by atoms with E-state index in [2.05, 4.69) is 9.47 Å². The summed E-state index contributed by atoms with van der Waals surface area (Å²) >= 11 is -2.90. The fourth-order valence-electron chi connectivity index (χ4n) is 3.47. The van der Waals surface area contributed by atoms with Crippen molar-refractivity contribution >= 4 is 19.0 Å².